The number of rotatable bonds is 3. The van der Waals surface area contributed by atoms with Gasteiger partial charge in [0.2, 0.25) is 0 Å². The van der Waals surface area contributed by atoms with Crippen LogP contribution < -0.4 is 10.6 Å². The molecule has 0 aliphatic carbocycles. The van der Waals surface area contributed by atoms with Crippen LogP contribution in [0.4, 0.5) is 11.5 Å². The number of halogens is 1. The normalized spacial score (nSPS) is 10.3. The summed E-state index contributed by atoms with van der Waals surface area (Å²) in [7, 11) is 3.54. The molecular weight excluding hydrogens is 264 g/mol. The lowest BCUT2D eigenvalue weighted by atomic mass is 10.1. The number of aryl methyl sites for hydroxylation is 2. The molecule has 0 saturated carbocycles. The molecule has 0 spiro atoms. The maximum absolute atomic E-state index is 12.3. The predicted octanol–water partition coefficient (Wildman–Crippen LogP) is 2.68. The maximum Gasteiger partial charge on any atom is 0.258 e. The van der Waals surface area contributed by atoms with Crippen LogP contribution in [0, 0.1) is 6.92 Å². The molecule has 1 aromatic heterocycles. The van der Waals surface area contributed by atoms with Crippen molar-refractivity contribution in [3.8, 4) is 0 Å². The molecule has 0 saturated heterocycles. The summed E-state index contributed by atoms with van der Waals surface area (Å²) in [5.74, 6) is 0.416. The lowest BCUT2D eigenvalue weighted by molar-refractivity contribution is 0.102. The minimum Gasteiger partial charge on any atom is -0.387 e. The fourth-order valence-corrected chi connectivity index (χ4v) is 2.01. The number of aromatic nitrogens is 2. The highest BCUT2D eigenvalue weighted by Crippen LogP contribution is 2.21. The second-order valence-electron chi connectivity index (χ2n) is 4.19. The van der Waals surface area contributed by atoms with Gasteiger partial charge in [0, 0.05) is 30.9 Å². The fraction of sp³-hybridized carbons (Fsp3) is 0.231. The molecule has 1 heterocycles. The average molecular weight is 279 g/mol. The zero-order chi connectivity index (χ0) is 14.0. The molecule has 0 aliphatic heterocycles. The Bertz CT molecular complexity index is 621. The van der Waals surface area contributed by atoms with Crippen LogP contribution in [0.25, 0.3) is 0 Å². The number of anilines is 2. The molecule has 6 heteroatoms. The monoisotopic (exact) mass is 278 g/mol. The van der Waals surface area contributed by atoms with E-state index in [0.29, 0.717) is 16.4 Å². The first-order chi connectivity index (χ1) is 9.01. The van der Waals surface area contributed by atoms with Crippen molar-refractivity contribution in [1.29, 1.82) is 0 Å². The highest BCUT2D eigenvalue weighted by Gasteiger charge is 2.13. The van der Waals surface area contributed by atoms with E-state index in [4.69, 9.17) is 11.6 Å². The summed E-state index contributed by atoms with van der Waals surface area (Å²) in [5, 5.41) is 10.5. The minimum atomic E-state index is -0.227. The zero-order valence-corrected chi connectivity index (χ0v) is 11.7. The minimum absolute atomic E-state index is 0.227. The van der Waals surface area contributed by atoms with Gasteiger partial charge in [-0.3, -0.25) is 9.48 Å². The molecule has 0 atom stereocenters. The molecule has 2 N–H and O–H groups in total. The third kappa shape index (κ3) is 2.88. The summed E-state index contributed by atoms with van der Waals surface area (Å²) < 4.78 is 1.62. The number of carbonyl (C=O) groups is 1. The summed E-state index contributed by atoms with van der Waals surface area (Å²) in [6.45, 7) is 1.87. The molecule has 5 nitrogen and oxygen atoms in total. The van der Waals surface area contributed by atoms with E-state index in [1.54, 1.807) is 37.0 Å². The van der Waals surface area contributed by atoms with Crippen LogP contribution in [-0.4, -0.2) is 22.7 Å². The number of amides is 1. The Morgan fingerprint density at radius 2 is 2.11 bits per heavy atom. The van der Waals surface area contributed by atoms with E-state index in [9.17, 15) is 4.79 Å². The Balaban J connectivity index is 2.29. The van der Waals surface area contributed by atoms with Crippen LogP contribution >= 0.6 is 11.6 Å². The molecule has 2 rings (SSSR count). The lowest BCUT2D eigenvalue weighted by Gasteiger charge is -2.10. The van der Waals surface area contributed by atoms with Gasteiger partial charge in [-0.2, -0.15) is 5.10 Å². The number of hydrogen-bond donors (Lipinski definition) is 2. The molecule has 0 unspecified atom stereocenters. The third-order valence-corrected chi connectivity index (χ3v) is 2.97. The highest BCUT2D eigenvalue weighted by molar-refractivity contribution is 6.31. The summed E-state index contributed by atoms with van der Waals surface area (Å²) in [5.41, 5.74) is 2.06. The number of hydrogen-bond acceptors (Lipinski definition) is 3. The van der Waals surface area contributed by atoms with Crippen LogP contribution in [0.1, 0.15) is 16.1 Å². The van der Waals surface area contributed by atoms with Gasteiger partial charge in [0.05, 0.1) is 11.3 Å². The lowest BCUT2D eigenvalue weighted by Crippen LogP contribution is -2.16. The van der Waals surface area contributed by atoms with Crippen molar-refractivity contribution in [2.75, 3.05) is 17.7 Å². The van der Waals surface area contributed by atoms with Crippen LogP contribution in [0.3, 0.4) is 0 Å². The second-order valence-corrected chi connectivity index (χ2v) is 4.63. The van der Waals surface area contributed by atoms with E-state index in [-0.39, 0.29) is 5.91 Å². The van der Waals surface area contributed by atoms with Gasteiger partial charge in [-0.25, -0.2) is 0 Å². The SMILES string of the molecule is CNc1ccc(Cl)cc1C(=O)Nc1cc(C)nn1C. The number of carbonyl (C=O) groups excluding carboxylic acids is 1. The average Bonchev–Trinajstić information content (AvgIpc) is 2.67. The molecule has 0 fully saturated rings. The first-order valence-electron chi connectivity index (χ1n) is 5.80. The highest BCUT2D eigenvalue weighted by atomic mass is 35.5. The van der Waals surface area contributed by atoms with Gasteiger partial charge >= 0.3 is 0 Å². The van der Waals surface area contributed by atoms with E-state index < -0.39 is 0 Å². The Morgan fingerprint density at radius 1 is 1.37 bits per heavy atom. The van der Waals surface area contributed by atoms with E-state index in [1.165, 1.54) is 0 Å². The predicted molar refractivity (Wildman–Crippen MR) is 76.9 cm³/mol. The van der Waals surface area contributed by atoms with E-state index >= 15 is 0 Å². The van der Waals surface area contributed by atoms with Crippen LogP contribution in [0.15, 0.2) is 24.3 Å². The molecule has 100 valence electrons. The Morgan fingerprint density at radius 3 is 2.68 bits per heavy atom. The molecule has 0 bridgehead atoms. The van der Waals surface area contributed by atoms with Crippen molar-refractivity contribution >= 4 is 29.0 Å². The van der Waals surface area contributed by atoms with Gasteiger partial charge in [-0.05, 0) is 25.1 Å². The van der Waals surface area contributed by atoms with Gasteiger partial charge in [0.15, 0.2) is 0 Å². The largest absolute Gasteiger partial charge is 0.387 e. The first kappa shape index (κ1) is 13.4. The Hall–Kier alpha value is -2.01. The molecule has 0 radical (unpaired) electrons. The first-order valence-corrected chi connectivity index (χ1v) is 6.18. The van der Waals surface area contributed by atoms with Gasteiger partial charge in [-0.15, -0.1) is 0 Å². The van der Waals surface area contributed by atoms with Crippen molar-refractivity contribution in [1.82, 2.24) is 9.78 Å². The molecule has 19 heavy (non-hydrogen) atoms. The number of nitrogens with one attached hydrogen (secondary N) is 2. The van der Waals surface area contributed by atoms with Crippen molar-refractivity contribution in [2.24, 2.45) is 7.05 Å². The molecule has 1 amide bonds. The number of benzene rings is 1. The smallest absolute Gasteiger partial charge is 0.258 e. The fourth-order valence-electron chi connectivity index (χ4n) is 1.83. The van der Waals surface area contributed by atoms with Crippen molar-refractivity contribution in [3.63, 3.8) is 0 Å². The summed E-state index contributed by atoms with van der Waals surface area (Å²) in [4.78, 5) is 12.3. The number of nitrogens with zero attached hydrogens (tertiary/aromatic N) is 2. The van der Waals surface area contributed by atoms with Crippen LogP contribution in [-0.2, 0) is 7.05 Å². The van der Waals surface area contributed by atoms with Crippen LogP contribution in [0.2, 0.25) is 5.02 Å². The van der Waals surface area contributed by atoms with Crippen molar-refractivity contribution in [3.05, 3.63) is 40.5 Å². The van der Waals surface area contributed by atoms with Gasteiger partial charge in [0.1, 0.15) is 5.82 Å². The van der Waals surface area contributed by atoms with E-state index in [1.807, 2.05) is 13.0 Å². The van der Waals surface area contributed by atoms with Gasteiger partial charge < -0.3 is 10.6 Å². The van der Waals surface area contributed by atoms with Crippen molar-refractivity contribution < 1.29 is 4.79 Å². The van der Waals surface area contributed by atoms with Gasteiger partial charge in [-0.1, -0.05) is 11.6 Å². The van der Waals surface area contributed by atoms with Crippen molar-refractivity contribution in [2.45, 2.75) is 6.92 Å². The van der Waals surface area contributed by atoms with Crippen LogP contribution in [0.5, 0.6) is 0 Å². The standard InChI is InChI=1S/C13H15ClN4O/c1-8-6-12(18(3)17-8)16-13(19)10-7-9(14)4-5-11(10)15-2/h4-7,15H,1-3H3,(H,16,19). The third-order valence-electron chi connectivity index (χ3n) is 2.74. The molecule has 1 aromatic carbocycles. The summed E-state index contributed by atoms with van der Waals surface area (Å²) >= 11 is 5.93. The molecular formula is C13H15ClN4O. The molecule has 2 aromatic rings. The molecule has 0 aliphatic rings. The van der Waals surface area contributed by atoms with Gasteiger partial charge in [0.25, 0.3) is 5.91 Å². The Kier molecular flexibility index (Phi) is 3.76. The summed E-state index contributed by atoms with van der Waals surface area (Å²) in [6, 6.07) is 6.94. The second kappa shape index (κ2) is 5.32. The van der Waals surface area contributed by atoms with E-state index in [0.717, 1.165) is 11.4 Å². The quantitative estimate of drug-likeness (QED) is 0.907. The van der Waals surface area contributed by atoms with E-state index in [2.05, 4.69) is 15.7 Å². The maximum atomic E-state index is 12.3. The Labute approximate surface area is 116 Å². The zero-order valence-electron chi connectivity index (χ0n) is 11.0. The summed E-state index contributed by atoms with van der Waals surface area (Å²) in [6.07, 6.45) is 0. The topological polar surface area (TPSA) is 59.0 Å².